The van der Waals surface area contributed by atoms with Crippen LogP contribution in [-0.2, 0) is 11.2 Å². The number of hydrogen-bond donors (Lipinski definition) is 1. The van der Waals surface area contributed by atoms with Crippen molar-refractivity contribution in [1.29, 1.82) is 0 Å². The highest BCUT2D eigenvalue weighted by atomic mass is 19.1. The number of nitrogens with two attached hydrogens (primary N) is 1. The Morgan fingerprint density at radius 1 is 1.30 bits per heavy atom. The molecule has 2 N–H and O–H groups in total. The quantitative estimate of drug-likeness (QED) is 0.922. The van der Waals surface area contributed by atoms with E-state index in [4.69, 9.17) is 10.5 Å². The SMILES string of the molecule is NC(=O)c1cc(-c2ncc(F)cc2F)c2c(n1)[C@@H]1CC[C@@H](C2)O1. The summed E-state index contributed by atoms with van der Waals surface area (Å²) in [4.78, 5) is 19.7. The van der Waals surface area contributed by atoms with Gasteiger partial charge in [-0.25, -0.2) is 13.8 Å². The van der Waals surface area contributed by atoms with Crippen LogP contribution in [0.4, 0.5) is 8.78 Å². The maximum Gasteiger partial charge on any atom is 0.267 e. The van der Waals surface area contributed by atoms with Crippen LogP contribution in [0.5, 0.6) is 0 Å². The third-order valence-electron chi connectivity index (χ3n) is 4.32. The van der Waals surface area contributed by atoms with Crippen molar-refractivity contribution < 1.29 is 18.3 Å². The number of halogens is 2. The second-order valence-corrected chi connectivity index (χ2v) is 5.80. The summed E-state index contributed by atoms with van der Waals surface area (Å²) < 4.78 is 33.1. The Bertz CT molecular complexity index is 825. The van der Waals surface area contributed by atoms with E-state index in [0.717, 1.165) is 30.7 Å². The maximum absolute atomic E-state index is 14.2. The lowest BCUT2D eigenvalue weighted by atomic mass is 9.94. The molecule has 2 aliphatic rings. The Kier molecular flexibility index (Phi) is 3.12. The lowest BCUT2D eigenvalue weighted by Gasteiger charge is -2.25. The fourth-order valence-electron chi connectivity index (χ4n) is 3.31. The lowest BCUT2D eigenvalue weighted by Crippen LogP contribution is -2.23. The van der Waals surface area contributed by atoms with Gasteiger partial charge in [0.25, 0.3) is 5.91 Å². The first-order valence-electron chi connectivity index (χ1n) is 7.33. The van der Waals surface area contributed by atoms with Crippen LogP contribution in [0.1, 0.15) is 40.7 Å². The van der Waals surface area contributed by atoms with Gasteiger partial charge in [-0.2, -0.15) is 0 Å². The van der Waals surface area contributed by atoms with Gasteiger partial charge in [0.15, 0.2) is 5.82 Å². The van der Waals surface area contributed by atoms with Crippen LogP contribution < -0.4 is 5.73 Å². The molecule has 2 atom stereocenters. The van der Waals surface area contributed by atoms with Crippen LogP contribution in [0.3, 0.4) is 0 Å². The van der Waals surface area contributed by atoms with Crippen LogP contribution in [0.25, 0.3) is 11.3 Å². The molecule has 0 radical (unpaired) electrons. The van der Waals surface area contributed by atoms with Gasteiger partial charge in [0, 0.05) is 18.1 Å². The summed E-state index contributed by atoms with van der Waals surface area (Å²) in [6.45, 7) is 0. The highest BCUT2D eigenvalue weighted by Gasteiger charge is 2.37. The van der Waals surface area contributed by atoms with Crippen LogP contribution >= 0.6 is 0 Å². The van der Waals surface area contributed by atoms with Gasteiger partial charge in [0.2, 0.25) is 0 Å². The van der Waals surface area contributed by atoms with E-state index in [9.17, 15) is 13.6 Å². The van der Waals surface area contributed by atoms with Crippen LogP contribution in [0, 0.1) is 11.6 Å². The third-order valence-corrected chi connectivity index (χ3v) is 4.32. The molecule has 2 aromatic heterocycles. The van der Waals surface area contributed by atoms with Gasteiger partial charge in [-0.1, -0.05) is 0 Å². The zero-order chi connectivity index (χ0) is 16.1. The van der Waals surface area contributed by atoms with Gasteiger partial charge in [0.05, 0.1) is 18.0 Å². The average Bonchev–Trinajstić information content (AvgIpc) is 2.89. The van der Waals surface area contributed by atoms with Crippen molar-refractivity contribution in [2.24, 2.45) is 5.73 Å². The first-order chi connectivity index (χ1) is 11.0. The number of hydrogen-bond acceptors (Lipinski definition) is 4. The lowest BCUT2D eigenvalue weighted by molar-refractivity contribution is 0.0295. The first kappa shape index (κ1) is 14.2. The van der Waals surface area contributed by atoms with Gasteiger partial charge in [-0.3, -0.25) is 9.78 Å². The smallest absolute Gasteiger partial charge is 0.267 e. The fraction of sp³-hybridized carbons (Fsp3) is 0.312. The number of pyridine rings is 2. The largest absolute Gasteiger partial charge is 0.368 e. The highest BCUT2D eigenvalue weighted by molar-refractivity contribution is 5.92. The van der Waals surface area contributed by atoms with E-state index < -0.39 is 17.5 Å². The van der Waals surface area contributed by atoms with Crippen molar-refractivity contribution in [2.75, 3.05) is 0 Å². The Balaban J connectivity index is 1.97. The summed E-state index contributed by atoms with van der Waals surface area (Å²) in [6, 6.07) is 2.20. The molecule has 23 heavy (non-hydrogen) atoms. The molecule has 0 saturated carbocycles. The molecule has 0 aliphatic carbocycles. The van der Waals surface area contributed by atoms with Crippen molar-refractivity contribution in [2.45, 2.75) is 31.5 Å². The number of amides is 1. The molecule has 7 heteroatoms. The monoisotopic (exact) mass is 317 g/mol. The van der Waals surface area contributed by atoms with Gasteiger partial charge in [0.1, 0.15) is 23.3 Å². The van der Waals surface area contributed by atoms with Crippen LogP contribution in [0.2, 0.25) is 0 Å². The summed E-state index contributed by atoms with van der Waals surface area (Å²) in [6.07, 6.45) is 3.02. The zero-order valence-corrected chi connectivity index (χ0v) is 12.1. The summed E-state index contributed by atoms with van der Waals surface area (Å²) >= 11 is 0. The topological polar surface area (TPSA) is 78.1 Å². The number of nitrogens with zero attached hydrogens (tertiary/aromatic N) is 2. The molecule has 2 bridgehead atoms. The standard InChI is InChI=1S/C16H13F2N3O2/c17-7-3-11(18)14(20-6-7)10-5-12(16(19)22)21-15-9(10)4-8-1-2-13(15)23-8/h3,5-6,8,13H,1-2,4H2,(H2,19,22)/t8-,13-/m0/s1. The molecule has 118 valence electrons. The van der Waals surface area contributed by atoms with E-state index in [-0.39, 0.29) is 23.6 Å². The highest BCUT2D eigenvalue weighted by Crippen LogP contribution is 2.43. The van der Waals surface area contributed by atoms with Crippen molar-refractivity contribution >= 4 is 5.91 Å². The minimum absolute atomic E-state index is 0.00569. The summed E-state index contributed by atoms with van der Waals surface area (Å²) in [5.41, 5.74) is 7.19. The summed E-state index contributed by atoms with van der Waals surface area (Å²) in [7, 11) is 0. The van der Waals surface area contributed by atoms with E-state index in [1.165, 1.54) is 6.07 Å². The Morgan fingerprint density at radius 3 is 2.87 bits per heavy atom. The molecule has 0 aromatic carbocycles. The normalized spacial score (nSPS) is 22.0. The molecule has 1 amide bonds. The number of aromatic nitrogens is 2. The first-order valence-corrected chi connectivity index (χ1v) is 7.33. The number of fused-ring (bicyclic) bond motifs is 4. The molecule has 0 spiro atoms. The van der Waals surface area contributed by atoms with E-state index in [1.807, 2.05) is 0 Å². The number of primary amides is 1. The van der Waals surface area contributed by atoms with Crippen molar-refractivity contribution in [3.63, 3.8) is 0 Å². The van der Waals surface area contributed by atoms with E-state index in [2.05, 4.69) is 9.97 Å². The molecule has 0 unspecified atom stereocenters. The Labute approximate surface area is 130 Å². The molecular formula is C16H13F2N3O2. The molecule has 2 aliphatic heterocycles. The molecule has 4 heterocycles. The second kappa shape index (κ2) is 5.06. The number of ether oxygens (including phenoxy) is 1. The van der Waals surface area contributed by atoms with Crippen molar-refractivity contribution in [3.8, 4) is 11.3 Å². The van der Waals surface area contributed by atoms with Gasteiger partial charge in [-0.05, 0) is 24.5 Å². The fourth-order valence-corrected chi connectivity index (χ4v) is 3.31. The average molecular weight is 317 g/mol. The van der Waals surface area contributed by atoms with E-state index in [0.29, 0.717) is 17.7 Å². The molecule has 2 aromatic rings. The Hall–Kier alpha value is -2.41. The minimum Gasteiger partial charge on any atom is -0.368 e. The predicted molar refractivity (Wildman–Crippen MR) is 76.5 cm³/mol. The minimum atomic E-state index is -0.785. The summed E-state index contributed by atoms with van der Waals surface area (Å²) in [5, 5.41) is 0. The predicted octanol–water partition coefficient (Wildman–Crippen LogP) is 2.30. The van der Waals surface area contributed by atoms with Gasteiger partial charge < -0.3 is 10.5 Å². The van der Waals surface area contributed by atoms with Gasteiger partial charge >= 0.3 is 0 Å². The zero-order valence-electron chi connectivity index (χ0n) is 12.1. The second-order valence-electron chi connectivity index (χ2n) is 5.80. The van der Waals surface area contributed by atoms with Gasteiger partial charge in [-0.15, -0.1) is 0 Å². The third kappa shape index (κ3) is 2.28. The number of carbonyl (C=O) groups excluding carboxylic acids is 1. The van der Waals surface area contributed by atoms with Crippen LogP contribution in [-0.4, -0.2) is 22.0 Å². The molecular weight excluding hydrogens is 304 g/mol. The molecule has 1 fully saturated rings. The Morgan fingerprint density at radius 2 is 2.13 bits per heavy atom. The van der Waals surface area contributed by atoms with E-state index in [1.54, 1.807) is 0 Å². The number of carbonyl (C=O) groups is 1. The van der Waals surface area contributed by atoms with Crippen LogP contribution in [0.15, 0.2) is 18.3 Å². The van der Waals surface area contributed by atoms with E-state index >= 15 is 0 Å². The van der Waals surface area contributed by atoms with Crippen molar-refractivity contribution in [3.05, 3.63) is 46.9 Å². The molecule has 4 rings (SSSR count). The van der Waals surface area contributed by atoms with Crippen molar-refractivity contribution in [1.82, 2.24) is 9.97 Å². The molecule has 5 nitrogen and oxygen atoms in total. The maximum atomic E-state index is 14.2. The summed E-state index contributed by atoms with van der Waals surface area (Å²) in [5.74, 6) is -2.25. The molecule has 1 saturated heterocycles. The number of rotatable bonds is 2.